The molecule has 0 N–H and O–H groups in total. The van der Waals surface area contributed by atoms with Gasteiger partial charge in [-0.2, -0.15) is 0 Å². The summed E-state index contributed by atoms with van der Waals surface area (Å²) < 4.78 is 3.95. The summed E-state index contributed by atoms with van der Waals surface area (Å²) in [5.74, 6) is 2.58. The Hall–Kier alpha value is -2.65. The molecule has 7 nitrogen and oxygen atoms in total. The summed E-state index contributed by atoms with van der Waals surface area (Å²) >= 11 is 3.33. The summed E-state index contributed by atoms with van der Waals surface area (Å²) in [5.41, 5.74) is 1.77. The largest absolute Gasteiger partial charge is 0.297 e. The Morgan fingerprint density at radius 3 is 2.83 bits per heavy atom. The first kappa shape index (κ1) is 18.4. The van der Waals surface area contributed by atoms with Crippen molar-refractivity contribution in [2.45, 2.75) is 29.8 Å². The number of fused-ring (bicyclic) bond motifs is 2. The summed E-state index contributed by atoms with van der Waals surface area (Å²) in [7, 11) is 0. The van der Waals surface area contributed by atoms with Gasteiger partial charge in [-0.3, -0.25) is 18.9 Å². The summed E-state index contributed by atoms with van der Waals surface area (Å²) in [4.78, 5) is 21.7. The molecule has 0 fully saturated rings. The lowest BCUT2D eigenvalue weighted by molar-refractivity contribution is 0.592. The first-order valence-corrected chi connectivity index (χ1v) is 11.3. The summed E-state index contributed by atoms with van der Waals surface area (Å²) in [5, 5.41) is 11.1. The van der Waals surface area contributed by atoms with Crippen molar-refractivity contribution >= 4 is 34.4 Å². The molecule has 0 unspecified atom stereocenters. The number of pyridine rings is 1. The van der Waals surface area contributed by atoms with E-state index in [9.17, 15) is 4.79 Å². The molecule has 0 bridgehead atoms. The van der Waals surface area contributed by atoms with Crippen LogP contribution in [-0.2, 0) is 6.54 Å². The number of thioether (sulfide) groups is 2. The number of nitrogens with zero attached hydrogens (tertiary/aromatic N) is 6. The molecule has 5 rings (SSSR count). The van der Waals surface area contributed by atoms with E-state index in [1.165, 1.54) is 0 Å². The minimum Gasteiger partial charge on any atom is -0.297 e. The van der Waals surface area contributed by atoms with Crippen LogP contribution in [0.5, 0.6) is 0 Å². The Balaban J connectivity index is 1.46. The molecule has 0 radical (unpaired) electrons. The third-order valence-electron chi connectivity index (χ3n) is 4.92. The van der Waals surface area contributed by atoms with Crippen molar-refractivity contribution in [1.82, 2.24) is 29.3 Å². The molecule has 0 saturated carbocycles. The van der Waals surface area contributed by atoms with Crippen LogP contribution in [0, 0.1) is 0 Å². The van der Waals surface area contributed by atoms with Gasteiger partial charge in [0.1, 0.15) is 0 Å². The van der Waals surface area contributed by atoms with Crippen LogP contribution in [0.15, 0.2) is 63.9 Å². The molecule has 1 aromatic carbocycles. The third kappa shape index (κ3) is 3.24. The van der Waals surface area contributed by atoms with E-state index in [4.69, 9.17) is 4.98 Å². The second-order valence-electron chi connectivity index (χ2n) is 6.65. The van der Waals surface area contributed by atoms with Crippen LogP contribution >= 0.6 is 23.5 Å². The molecule has 1 aliphatic heterocycles. The van der Waals surface area contributed by atoms with Crippen molar-refractivity contribution < 1.29 is 0 Å². The van der Waals surface area contributed by atoms with E-state index in [1.54, 1.807) is 40.5 Å². The first-order chi connectivity index (χ1) is 14.3. The average molecular weight is 423 g/mol. The standard InChI is InChI=1S/C20H18N6OS2/c1-2-25-18(27)15-5-3-4-6-16(15)22-19(25)28-11-14-12-29-20-24-23-17(26(14)20)13-7-9-21-10-8-13/h3-10,14H,2,11-12H2,1H3/t14-/m0/s1. The average Bonchev–Trinajstić information content (AvgIpc) is 3.35. The van der Waals surface area contributed by atoms with Gasteiger partial charge in [0.25, 0.3) is 5.56 Å². The van der Waals surface area contributed by atoms with E-state index in [0.717, 1.165) is 38.7 Å². The van der Waals surface area contributed by atoms with Crippen molar-refractivity contribution in [1.29, 1.82) is 0 Å². The van der Waals surface area contributed by atoms with Gasteiger partial charge >= 0.3 is 0 Å². The first-order valence-electron chi connectivity index (χ1n) is 9.36. The number of benzene rings is 1. The minimum atomic E-state index is 0.0175. The zero-order valence-electron chi connectivity index (χ0n) is 15.7. The Kier molecular flexibility index (Phi) is 4.84. The Morgan fingerprint density at radius 1 is 1.17 bits per heavy atom. The van der Waals surface area contributed by atoms with E-state index in [0.29, 0.717) is 11.9 Å². The molecule has 0 spiro atoms. The monoisotopic (exact) mass is 422 g/mol. The molecule has 4 aromatic rings. The SMILES string of the molecule is CCn1c(SC[C@H]2CSc3nnc(-c4ccncc4)n32)nc2ccccc2c1=O. The quantitative estimate of drug-likeness (QED) is 0.360. The van der Waals surface area contributed by atoms with E-state index >= 15 is 0 Å². The van der Waals surface area contributed by atoms with Gasteiger partial charge in [-0.25, -0.2) is 4.98 Å². The normalized spacial score (nSPS) is 15.7. The van der Waals surface area contributed by atoms with Crippen molar-refractivity contribution in [2.24, 2.45) is 0 Å². The predicted octanol–water partition coefficient (Wildman–Crippen LogP) is 3.51. The lowest BCUT2D eigenvalue weighted by atomic mass is 10.2. The Bertz CT molecular complexity index is 1240. The van der Waals surface area contributed by atoms with Gasteiger partial charge in [0, 0.05) is 36.0 Å². The predicted molar refractivity (Wildman–Crippen MR) is 115 cm³/mol. The van der Waals surface area contributed by atoms with E-state index in [1.807, 2.05) is 43.3 Å². The molecule has 0 amide bonds. The van der Waals surface area contributed by atoms with Crippen LogP contribution in [-0.4, -0.2) is 40.8 Å². The topological polar surface area (TPSA) is 78.5 Å². The highest BCUT2D eigenvalue weighted by Crippen LogP contribution is 2.38. The minimum absolute atomic E-state index is 0.0175. The number of aromatic nitrogens is 6. The molecule has 1 aliphatic rings. The van der Waals surface area contributed by atoms with Gasteiger partial charge in [0.05, 0.1) is 16.9 Å². The highest BCUT2D eigenvalue weighted by Gasteiger charge is 2.29. The van der Waals surface area contributed by atoms with E-state index < -0.39 is 0 Å². The van der Waals surface area contributed by atoms with Gasteiger partial charge in [-0.15, -0.1) is 10.2 Å². The molecule has 4 heterocycles. The van der Waals surface area contributed by atoms with Crippen LogP contribution in [0.3, 0.4) is 0 Å². The molecule has 29 heavy (non-hydrogen) atoms. The molecular weight excluding hydrogens is 404 g/mol. The second-order valence-corrected chi connectivity index (χ2v) is 8.62. The van der Waals surface area contributed by atoms with Crippen LogP contribution < -0.4 is 5.56 Å². The van der Waals surface area contributed by atoms with Crippen LogP contribution in [0.25, 0.3) is 22.3 Å². The van der Waals surface area contributed by atoms with Crippen LogP contribution in [0.4, 0.5) is 0 Å². The fourth-order valence-electron chi connectivity index (χ4n) is 3.48. The molecule has 146 valence electrons. The van der Waals surface area contributed by atoms with Crippen molar-refractivity contribution in [3.8, 4) is 11.4 Å². The van der Waals surface area contributed by atoms with Gasteiger partial charge < -0.3 is 0 Å². The third-order valence-corrected chi connectivity index (χ3v) is 7.13. The number of rotatable bonds is 5. The molecule has 0 aliphatic carbocycles. The van der Waals surface area contributed by atoms with E-state index in [2.05, 4.69) is 19.7 Å². The van der Waals surface area contributed by atoms with E-state index in [-0.39, 0.29) is 11.6 Å². The zero-order valence-corrected chi connectivity index (χ0v) is 17.4. The number of para-hydroxylation sites is 1. The Morgan fingerprint density at radius 2 is 2.00 bits per heavy atom. The molecule has 9 heteroatoms. The number of hydrogen-bond acceptors (Lipinski definition) is 7. The lowest BCUT2D eigenvalue weighted by Gasteiger charge is -2.16. The zero-order chi connectivity index (χ0) is 19.8. The van der Waals surface area contributed by atoms with Gasteiger partial charge in [0.15, 0.2) is 16.1 Å². The second kappa shape index (κ2) is 7.64. The van der Waals surface area contributed by atoms with Crippen molar-refractivity contribution in [2.75, 3.05) is 11.5 Å². The van der Waals surface area contributed by atoms with Gasteiger partial charge in [-0.1, -0.05) is 35.7 Å². The summed E-state index contributed by atoms with van der Waals surface area (Å²) in [6.45, 7) is 2.57. The van der Waals surface area contributed by atoms with Crippen molar-refractivity contribution in [3.63, 3.8) is 0 Å². The summed E-state index contributed by atoms with van der Waals surface area (Å²) in [6.07, 6.45) is 3.53. The summed E-state index contributed by atoms with van der Waals surface area (Å²) in [6, 6.07) is 11.6. The molecule has 3 aromatic heterocycles. The van der Waals surface area contributed by atoms with Crippen molar-refractivity contribution in [3.05, 3.63) is 59.1 Å². The molecule has 1 atom stereocenters. The lowest BCUT2D eigenvalue weighted by Crippen LogP contribution is -2.23. The highest BCUT2D eigenvalue weighted by atomic mass is 32.2. The van der Waals surface area contributed by atoms with Gasteiger partial charge in [0.2, 0.25) is 0 Å². The maximum atomic E-state index is 12.8. The fourth-order valence-corrected chi connectivity index (χ4v) is 5.85. The van der Waals surface area contributed by atoms with Gasteiger partial charge in [-0.05, 0) is 31.2 Å². The maximum absolute atomic E-state index is 12.8. The Labute approximate surface area is 175 Å². The maximum Gasteiger partial charge on any atom is 0.262 e. The number of hydrogen-bond donors (Lipinski definition) is 0. The smallest absolute Gasteiger partial charge is 0.262 e. The van der Waals surface area contributed by atoms with Crippen LogP contribution in [0.2, 0.25) is 0 Å². The van der Waals surface area contributed by atoms with Crippen LogP contribution in [0.1, 0.15) is 13.0 Å². The molecular formula is C20H18N6OS2. The molecule has 0 saturated heterocycles. The highest BCUT2D eigenvalue weighted by molar-refractivity contribution is 8.00. The fraction of sp³-hybridized carbons (Fsp3) is 0.250.